The number of rotatable bonds is 1. The van der Waals surface area contributed by atoms with E-state index in [1.807, 2.05) is 0 Å². The minimum atomic E-state index is -3.55. The number of alkyl halides is 2. The van der Waals surface area contributed by atoms with Crippen LogP contribution in [0.2, 0.25) is 0 Å². The first-order valence-corrected chi connectivity index (χ1v) is 9.69. The number of sulfone groups is 1. The first-order chi connectivity index (χ1) is 12.3. The summed E-state index contributed by atoms with van der Waals surface area (Å²) in [6.45, 7) is -0.0258. The van der Waals surface area contributed by atoms with E-state index in [2.05, 4.69) is 5.32 Å². The molecule has 2 aliphatic rings. The fourth-order valence-electron chi connectivity index (χ4n) is 3.33. The molecule has 0 spiro atoms. The summed E-state index contributed by atoms with van der Waals surface area (Å²) in [5, 5.41) is 2.67. The predicted octanol–water partition coefficient (Wildman–Crippen LogP) is 3.76. The molecule has 4 rings (SSSR count). The molecule has 26 heavy (non-hydrogen) atoms. The van der Waals surface area contributed by atoms with Crippen LogP contribution < -0.4 is 5.32 Å². The number of amides is 2. The zero-order valence-electron chi connectivity index (χ0n) is 13.7. The highest BCUT2D eigenvalue weighted by Crippen LogP contribution is 2.43. The second-order valence-electron chi connectivity index (χ2n) is 6.48. The Kier molecular flexibility index (Phi) is 3.76. The first kappa shape index (κ1) is 17.0. The van der Waals surface area contributed by atoms with Gasteiger partial charge >= 0.3 is 6.03 Å². The van der Waals surface area contributed by atoms with Gasteiger partial charge in [-0.25, -0.2) is 22.0 Å². The van der Waals surface area contributed by atoms with E-state index in [0.717, 1.165) is 0 Å². The number of nitrogens with zero attached hydrogens (tertiary/aromatic N) is 1. The Morgan fingerprint density at radius 2 is 1.65 bits per heavy atom. The minimum absolute atomic E-state index is 0.0129. The Balaban J connectivity index is 1.59. The van der Waals surface area contributed by atoms with Gasteiger partial charge in [0, 0.05) is 42.7 Å². The van der Waals surface area contributed by atoms with Crippen molar-refractivity contribution >= 4 is 21.6 Å². The standard InChI is InChI=1S/C18H16F2N2O3S/c19-18(20)7-9-22(10-8-18)17(23)21-12-5-6-16-14(11-12)13-3-1-2-4-15(13)26(16,24)25/h1-6,11H,7-10H2,(H,21,23). The van der Waals surface area contributed by atoms with Crippen molar-refractivity contribution in [1.29, 1.82) is 0 Å². The van der Waals surface area contributed by atoms with Crippen LogP contribution >= 0.6 is 0 Å². The molecule has 1 fully saturated rings. The Morgan fingerprint density at radius 3 is 2.38 bits per heavy atom. The molecule has 0 radical (unpaired) electrons. The summed E-state index contributed by atoms with van der Waals surface area (Å²) in [5.41, 5.74) is 1.55. The molecule has 2 heterocycles. The van der Waals surface area contributed by atoms with Crippen molar-refractivity contribution < 1.29 is 22.0 Å². The highest BCUT2D eigenvalue weighted by atomic mass is 32.2. The number of piperidine rings is 1. The summed E-state index contributed by atoms with van der Waals surface area (Å²) in [4.78, 5) is 14.1. The van der Waals surface area contributed by atoms with E-state index >= 15 is 0 Å². The number of fused-ring (bicyclic) bond motifs is 3. The molecule has 0 saturated carbocycles. The summed E-state index contributed by atoms with van der Waals surface area (Å²) in [5.74, 6) is -2.72. The average molecular weight is 378 g/mol. The Labute approximate surface area is 149 Å². The van der Waals surface area contributed by atoms with Crippen LogP contribution in [0.15, 0.2) is 52.3 Å². The number of urea groups is 1. The Hall–Kier alpha value is -2.48. The summed E-state index contributed by atoms with van der Waals surface area (Å²) in [7, 11) is -3.55. The molecular formula is C18H16F2N2O3S. The van der Waals surface area contributed by atoms with Crippen LogP contribution in [0.25, 0.3) is 11.1 Å². The molecule has 2 aromatic rings. The van der Waals surface area contributed by atoms with Gasteiger partial charge in [-0.2, -0.15) is 0 Å². The molecule has 1 saturated heterocycles. The lowest BCUT2D eigenvalue weighted by Gasteiger charge is -2.31. The Bertz CT molecular complexity index is 995. The number of carbonyl (C=O) groups is 1. The number of benzene rings is 2. The largest absolute Gasteiger partial charge is 0.324 e. The number of hydrogen-bond acceptors (Lipinski definition) is 3. The molecule has 0 bridgehead atoms. The fourth-order valence-corrected chi connectivity index (χ4v) is 5.00. The summed E-state index contributed by atoms with van der Waals surface area (Å²) in [6.07, 6.45) is -0.702. The van der Waals surface area contributed by atoms with Gasteiger partial charge in [0.1, 0.15) is 0 Å². The van der Waals surface area contributed by atoms with Gasteiger partial charge in [-0.3, -0.25) is 0 Å². The molecular weight excluding hydrogens is 362 g/mol. The highest BCUT2D eigenvalue weighted by Gasteiger charge is 2.36. The van der Waals surface area contributed by atoms with E-state index in [0.29, 0.717) is 16.8 Å². The van der Waals surface area contributed by atoms with E-state index in [1.54, 1.807) is 30.3 Å². The quantitative estimate of drug-likeness (QED) is 0.701. The van der Waals surface area contributed by atoms with E-state index in [1.165, 1.54) is 17.0 Å². The molecule has 0 atom stereocenters. The van der Waals surface area contributed by atoms with Crippen molar-refractivity contribution in [3.8, 4) is 11.1 Å². The third kappa shape index (κ3) is 2.74. The van der Waals surface area contributed by atoms with E-state index in [-0.39, 0.29) is 35.7 Å². The van der Waals surface area contributed by atoms with E-state index in [9.17, 15) is 22.0 Å². The number of nitrogens with one attached hydrogen (secondary N) is 1. The van der Waals surface area contributed by atoms with Gasteiger partial charge in [0.25, 0.3) is 5.92 Å². The van der Waals surface area contributed by atoms with Gasteiger partial charge < -0.3 is 10.2 Å². The number of halogens is 2. The van der Waals surface area contributed by atoms with Crippen molar-refractivity contribution in [2.24, 2.45) is 0 Å². The van der Waals surface area contributed by atoms with Gasteiger partial charge in [0.2, 0.25) is 9.84 Å². The summed E-state index contributed by atoms with van der Waals surface area (Å²) >= 11 is 0. The molecule has 0 aromatic heterocycles. The average Bonchev–Trinajstić information content (AvgIpc) is 2.83. The van der Waals surface area contributed by atoms with Gasteiger partial charge in [0.15, 0.2) is 0 Å². The third-order valence-electron chi connectivity index (χ3n) is 4.77. The first-order valence-electron chi connectivity index (χ1n) is 8.20. The van der Waals surface area contributed by atoms with Crippen LogP contribution in [0.4, 0.5) is 19.3 Å². The summed E-state index contributed by atoms with van der Waals surface area (Å²) < 4.78 is 51.5. The molecule has 5 nitrogen and oxygen atoms in total. The molecule has 2 aliphatic heterocycles. The minimum Gasteiger partial charge on any atom is -0.324 e. The van der Waals surface area contributed by atoms with E-state index < -0.39 is 21.8 Å². The van der Waals surface area contributed by atoms with Gasteiger partial charge in [-0.15, -0.1) is 0 Å². The second-order valence-corrected chi connectivity index (χ2v) is 8.37. The van der Waals surface area contributed by atoms with Gasteiger partial charge in [-0.05, 0) is 24.3 Å². The third-order valence-corrected chi connectivity index (χ3v) is 6.64. The van der Waals surface area contributed by atoms with Gasteiger partial charge in [-0.1, -0.05) is 18.2 Å². The van der Waals surface area contributed by atoms with Crippen LogP contribution in [0, 0.1) is 0 Å². The smallest absolute Gasteiger partial charge is 0.321 e. The lowest BCUT2D eigenvalue weighted by molar-refractivity contribution is -0.0461. The molecule has 0 unspecified atom stereocenters. The summed E-state index contributed by atoms with van der Waals surface area (Å²) in [6, 6.07) is 10.8. The van der Waals surface area contributed by atoms with Gasteiger partial charge in [0.05, 0.1) is 9.79 Å². The molecule has 0 aliphatic carbocycles. The second kappa shape index (κ2) is 5.77. The lowest BCUT2D eigenvalue weighted by Crippen LogP contribution is -2.44. The molecule has 136 valence electrons. The fraction of sp³-hybridized carbons (Fsp3) is 0.278. The zero-order valence-corrected chi connectivity index (χ0v) is 14.5. The monoisotopic (exact) mass is 378 g/mol. The van der Waals surface area contributed by atoms with Crippen LogP contribution in [-0.2, 0) is 9.84 Å². The number of anilines is 1. The number of carbonyl (C=O) groups excluding carboxylic acids is 1. The highest BCUT2D eigenvalue weighted by molar-refractivity contribution is 7.92. The van der Waals surface area contributed by atoms with Crippen molar-refractivity contribution in [3.63, 3.8) is 0 Å². The van der Waals surface area contributed by atoms with Crippen LogP contribution in [0.1, 0.15) is 12.8 Å². The molecule has 2 aromatic carbocycles. The normalized spacial score (nSPS) is 19.5. The molecule has 1 N–H and O–H groups in total. The van der Waals surface area contributed by atoms with E-state index in [4.69, 9.17) is 0 Å². The van der Waals surface area contributed by atoms with Crippen LogP contribution in [-0.4, -0.2) is 38.4 Å². The number of likely N-dealkylation sites (tertiary alicyclic amines) is 1. The van der Waals surface area contributed by atoms with Crippen molar-refractivity contribution in [3.05, 3.63) is 42.5 Å². The maximum Gasteiger partial charge on any atom is 0.321 e. The number of hydrogen-bond donors (Lipinski definition) is 1. The maximum atomic E-state index is 13.2. The maximum absolute atomic E-state index is 13.2. The molecule has 2 amide bonds. The van der Waals surface area contributed by atoms with Crippen molar-refractivity contribution in [1.82, 2.24) is 4.90 Å². The van der Waals surface area contributed by atoms with Crippen molar-refractivity contribution in [2.75, 3.05) is 18.4 Å². The lowest BCUT2D eigenvalue weighted by atomic mass is 10.1. The topological polar surface area (TPSA) is 66.5 Å². The zero-order chi connectivity index (χ0) is 18.5. The predicted molar refractivity (Wildman–Crippen MR) is 92.1 cm³/mol. The SMILES string of the molecule is O=C(Nc1ccc2c(c1)-c1ccccc1S2(=O)=O)N1CCC(F)(F)CC1. The van der Waals surface area contributed by atoms with Crippen LogP contribution in [0.5, 0.6) is 0 Å². The van der Waals surface area contributed by atoms with Crippen LogP contribution in [0.3, 0.4) is 0 Å². The Morgan fingerprint density at radius 1 is 1.00 bits per heavy atom. The van der Waals surface area contributed by atoms with Crippen molar-refractivity contribution in [2.45, 2.75) is 28.6 Å². The molecule has 8 heteroatoms.